The highest BCUT2D eigenvalue weighted by Gasteiger charge is 2.24. The Hall–Kier alpha value is -3.48. The molecule has 1 saturated heterocycles. The number of benzene rings is 1. The van der Waals surface area contributed by atoms with Crippen molar-refractivity contribution in [2.24, 2.45) is 0 Å². The normalized spacial score (nSPS) is 13.9. The number of nitrogens with one attached hydrogen (secondary N) is 1. The molecule has 7 nitrogen and oxygen atoms in total. The highest BCUT2D eigenvalue weighted by molar-refractivity contribution is 5.95. The summed E-state index contributed by atoms with van der Waals surface area (Å²) in [6.45, 7) is 10.7. The molecule has 0 atom stereocenters. The van der Waals surface area contributed by atoms with Crippen LogP contribution in [0.25, 0.3) is 0 Å². The van der Waals surface area contributed by atoms with Crippen molar-refractivity contribution < 1.29 is 4.79 Å². The molecule has 1 N–H and O–H groups in total. The molecule has 0 radical (unpaired) electrons. The van der Waals surface area contributed by atoms with Crippen LogP contribution in [0, 0.1) is 27.7 Å². The van der Waals surface area contributed by atoms with E-state index in [0.29, 0.717) is 18.9 Å². The molecule has 1 aromatic carbocycles. The highest BCUT2D eigenvalue weighted by Crippen LogP contribution is 2.21. The summed E-state index contributed by atoms with van der Waals surface area (Å²) >= 11 is 0. The highest BCUT2D eigenvalue weighted by atomic mass is 16.2. The first kappa shape index (κ1) is 20.8. The van der Waals surface area contributed by atoms with Gasteiger partial charge in [0.2, 0.25) is 0 Å². The number of piperazine rings is 1. The number of aromatic nitrogens is 3. The molecule has 160 valence electrons. The van der Waals surface area contributed by atoms with Gasteiger partial charge in [-0.3, -0.25) is 4.79 Å². The fraction of sp³-hybridized carbons (Fsp3) is 0.333. The fourth-order valence-electron chi connectivity index (χ4n) is 3.88. The zero-order valence-electron chi connectivity index (χ0n) is 18.5. The van der Waals surface area contributed by atoms with Crippen molar-refractivity contribution in [1.82, 2.24) is 19.9 Å². The van der Waals surface area contributed by atoms with Crippen LogP contribution in [0.5, 0.6) is 0 Å². The topological polar surface area (TPSA) is 74.2 Å². The second-order valence-electron chi connectivity index (χ2n) is 8.10. The number of carbonyl (C=O) groups excluding carboxylic acids is 1. The van der Waals surface area contributed by atoms with Crippen LogP contribution in [-0.4, -0.2) is 51.9 Å². The summed E-state index contributed by atoms with van der Waals surface area (Å²) in [5.74, 6) is 3.13. The zero-order valence-corrected chi connectivity index (χ0v) is 18.5. The second kappa shape index (κ2) is 8.71. The summed E-state index contributed by atoms with van der Waals surface area (Å²) in [6, 6.07) is 11.9. The molecule has 2 aromatic heterocycles. The molecule has 7 heteroatoms. The summed E-state index contributed by atoms with van der Waals surface area (Å²) in [5.41, 5.74) is 4.12. The van der Waals surface area contributed by atoms with Gasteiger partial charge in [0.1, 0.15) is 23.3 Å². The van der Waals surface area contributed by atoms with Crippen molar-refractivity contribution in [1.29, 1.82) is 0 Å². The number of carbonyl (C=O) groups is 1. The minimum absolute atomic E-state index is 0.101. The Kier molecular flexibility index (Phi) is 5.84. The molecule has 1 aliphatic heterocycles. The average molecular weight is 417 g/mol. The molecule has 4 rings (SSSR count). The third kappa shape index (κ3) is 4.82. The van der Waals surface area contributed by atoms with E-state index in [4.69, 9.17) is 0 Å². The van der Waals surface area contributed by atoms with E-state index in [1.807, 2.05) is 62.9 Å². The molecule has 3 heterocycles. The van der Waals surface area contributed by atoms with Crippen LogP contribution in [0.3, 0.4) is 0 Å². The summed E-state index contributed by atoms with van der Waals surface area (Å²) in [5, 5.41) is 3.27. The van der Waals surface area contributed by atoms with Gasteiger partial charge < -0.3 is 15.1 Å². The van der Waals surface area contributed by atoms with Crippen molar-refractivity contribution in [2.75, 3.05) is 36.4 Å². The lowest BCUT2D eigenvalue weighted by molar-refractivity contribution is 0.0745. The van der Waals surface area contributed by atoms with Crippen LogP contribution in [0.15, 0.2) is 42.6 Å². The summed E-state index contributed by atoms with van der Waals surface area (Å²) < 4.78 is 0. The van der Waals surface area contributed by atoms with Crippen LogP contribution in [0.1, 0.15) is 32.9 Å². The maximum Gasteiger partial charge on any atom is 0.254 e. The Morgan fingerprint density at radius 1 is 0.871 bits per heavy atom. The predicted octanol–water partition coefficient (Wildman–Crippen LogP) is 3.81. The van der Waals surface area contributed by atoms with Crippen LogP contribution < -0.4 is 10.2 Å². The van der Waals surface area contributed by atoms with Crippen LogP contribution in [-0.2, 0) is 0 Å². The van der Waals surface area contributed by atoms with Crippen molar-refractivity contribution in [3.63, 3.8) is 0 Å². The lowest BCUT2D eigenvalue weighted by Gasteiger charge is -2.35. The molecule has 1 fully saturated rings. The van der Waals surface area contributed by atoms with E-state index in [0.717, 1.165) is 47.2 Å². The van der Waals surface area contributed by atoms with E-state index >= 15 is 0 Å². The van der Waals surface area contributed by atoms with E-state index < -0.39 is 0 Å². The summed E-state index contributed by atoms with van der Waals surface area (Å²) in [7, 11) is 0. The van der Waals surface area contributed by atoms with Gasteiger partial charge in [-0.25, -0.2) is 15.0 Å². The SMILES string of the molecule is Cc1ccnc(Nc2cc(N3CCN(C(=O)c4ccc(C)cc4C)CC3)nc(C)n2)c1. The molecule has 0 bridgehead atoms. The van der Waals surface area contributed by atoms with Gasteiger partial charge in [-0.1, -0.05) is 17.7 Å². The van der Waals surface area contributed by atoms with Crippen molar-refractivity contribution >= 4 is 23.4 Å². The van der Waals surface area contributed by atoms with E-state index in [-0.39, 0.29) is 5.91 Å². The smallest absolute Gasteiger partial charge is 0.254 e. The number of nitrogens with zero attached hydrogens (tertiary/aromatic N) is 5. The maximum absolute atomic E-state index is 13.0. The van der Waals surface area contributed by atoms with Gasteiger partial charge in [0.25, 0.3) is 5.91 Å². The van der Waals surface area contributed by atoms with Gasteiger partial charge in [0.05, 0.1) is 0 Å². The van der Waals surface area contributed by atoms with Crippen molar-refractivity contribution in [3.8, 4) is 0 Å². The zero-order chi connectivity index (χ0) is 22.0. The van der Waals surface area contributed by atoms with Gasteiger partial charge in [-0.05, 0) is 57.0 Å². The monoisotopic (exact) mass is 416 g/mol. The first-order valence-corrected chi connectivity index (χ1v) is 10.6. The van der Waals surface area contributed by atoms with E-state index in [2.05, 4.69) is 31.2 Å². The Bertz CT molecular complexity index is 1100. The van der Waals surface area contributed by atoms with Gasteiger partial charge >= 0.3 is 0 Å². The second-order valence-corrected chi connectivity index (χ2v) is 8.10. The molecular weight excluding hydrogens is 388 g/mol. The lowest BCUT2D eigenvalue weighted by Crippen LogP contribution is -2.49. The number of rotatable bonds is 4. The minimum atomic E-state index is 0.101. The molecule has 1 amide bonds. The molecule has 1 aliphatic rings. The molecule has 0 spiro atoms. The Balaban J connectivity index is 1.45. The molecule has 0 unspecified atom stereocenters. The van der Waals surface area contributed by atoms with Gasteiger partial charge in [-0.2, -0.15) is 0 Å². The van der Waals surface area contributed by atoms with Crippen LogP contribution in [0.4, 0.5) is 17.5 Å². The number of aryl methyl sites for hydroxylation is 4. The quantitative estimate of drug-likeness (QED) is 0.697. The van der Waals surface area contributed by atoms with Crippen LogP contribution in [0.2, 0.25) is 0 Å². The number of anilines is 3. The molecule has 0 aliphatic carbocycles. The summed E-state index contributed by atoms with van der Waals surface area (Å²) in [6.07, 6.45) is 1.78. The standard InChI is InChI=1S/C24H28N6O/c1-16-5-6-20(18(3)13-16)24(31)30-11-9-29(10-12-30)23-15-22(26-19(4)27-23)28-21-14-17(2)7-8-25-21/h5-8,13-15H,9-12H2,1-4H3,(H,25,26,27,28). The van der Waals surface area contributed by atoms with Crippen molar-refractivity contribution in [2.45, 2.75) is 27.7 Å². The first-order valence-electron chi connectivity index (χ1n) is 10.6. The summed E-state index contributed by atoms with van der Waals surface area (Å²) in [4.78, 5) is 30.6. The predicted molar refractivity (Wildman–Crippen MR) is 123 cm³/mol. The Morgan fingerprint density at radius 3 is 2.32 bits per heavy atom. The third-order valence-corrected chi connectivity index (χ3v) is 5.50. The van der Waals surface area contributed by atoms with E-state index in [1.165, 1.54) is 5.56 Å². The number of pyridine rings is 1. The van der Waals surface area contributed by atoms with Gasteiger partial charge in [0.15, 0.2) is 0 Å². The lowest BCUT2D eigenvalue weighted by atomic mass is 10.0. The fourth-order valence-corrected chi connectivity index (χ4v) is 3.88. The minimum Gasteiger partial charge on any atom is -0.353 e. The number of amides is 1. The van der Waals surface area contributed by atoms with Gasteiger partial charge in [0, 0.05) is 44.0 Å². The largest absolute Gasteiger partial charge is 0.353 e. The maximum atomic E-state index is 13.0. The molecule has 31 heavy (non-hydrogen) atoms. The average Bonchev–Trinajstić information content (AvgIpc) is 2.73. The third-order valence-electron chi connectivity index (χ3n) is 5.50. The molecule has 3 aromatic rings. The van der Waals surface area contributed by atoms with E-state index in [1.54, 1.807) is 6.20 Å². The first-order chi connectivity index (χ1) is 14.9. The van der Waals surface area contributed by atoms with Crippen LogP contribution >= 0.6 is 0 Å². The molecular formula is C24H28N6O. The van der Waals surface area contributed by atoms with Crippen molar-refractivity contribution in [3.05, 3.63) is 70.7 Å². The molecule has 0 saturated carbocycles. The Labute approximate surface area is 183 Å². The number of hydrogen-bond donors (Lipinski definition) is 1. The Morgan fingerprint density at radius 2 is 1.61 bits per heavy atom. The number of hydrogen-bond acceptors (Lipinski definition) is 6. The van der Waals surface area contributed by atoms with Gasteiger partial charge in [-0.15, -0.1) is 0 Å². The van der Waals surface area contributed by atoms with E-state index in [9.17, 15) is 4.79 Å².